The lowest BCUT2D eigenvalue weighted by Crippen LogP contribution is -2.40. The van der Waals surface area contributed by atoms with Crippen molar-refractivity contribution >= 4 is 11.9 Å². The summed E-state index contributed by atoms with van der Waals surface area (Å²) in [5.41, 5.74) is 0. The first-order chi connectivity index (χ1) is 9.68. The molecule has 0 aromatic rings. The van der Waals surface area contributed by atoms with Crippen LogP contribution in [-0.2, 0) is 14.3 Å². The number of nitrogens with one attached hydrogen (secondary N) is 1. The molecule has 2 aliphatic rings. The highest BCUT2D eigenvalue weighted by molar-refractivity contribution is 5.84. The third-order valence-corrected chi connectivity index (χ3v) is 4.46. The molecule has 1 aliphatic carbocycles. The molecule has 2 fully saturated rings. The molecular formula is C15H25NO4. The van der Waals surface area contributed by atoms with E-state index in [2.05, 4.69) is 5.32 Å². The molecular weight excluding hydrogens is 258 g/mol. The third-order valence-electron chi connectivity index (χ3n) is 4.46. The summed E-state index contributed by atoms with van der Waals surface area (Å²) in [4.78, 5) is 23.3. The zero-order valence-electron chi connectivity index (χ0n) is 12.0. The minimum Gasteiger partial charge on any atom is -0.481 e. The Morgan fingerprint density at radius 3 is 2.40 bits per heavy atom. The molecule has 0 aromatic carbocycles. The predicted octanol–water partition coefficient (Wildman–Crippen LogP) is 1.95. The van der Waals surface area contributed by atoms with Crippen molar-refractivity contribution in [3.8, 4) is 0 Å². The fraction of sp³-hybridized carbons (Fsp3) is 0.867. The van der Waals surface area contributed by atoms with E-state index in [9.17, 15) is 14.7 Å². The van der Waals surface area contributed by atoms with Gasteiger partial charge >= 0.3 is 5.97 Å². The first-order valence-electron chi connectivity index (χ1n) is 7.80. The summed E-state index contributed by atoms with van der Waals surface area (Å²) < 4.78 is 5.62. The largest absolute Gasteiger partial charge is 0.481 e. The highest BCUT2D eigenvalue weighted by atomic mass is 16.5. The van der Waals surface area contributed by atoms with Crippen molar-refractivity contribution in [2.75, 3.05) is 13.2 Å². The second kappa shape index (κ2) is 7.62. The zero-order valence-corrected chi connectivity index (χ0v) is 12.0. The van der Waals surface area contributed by atoms with E-state index in [1.54, 1.807) is 0 Å². The number of carboxylic acids is 1. The van der Waals surface area contributed by atoms with Gasteiger partial charge in [-0.05, 0) is 38.5 Å². The summed E-state index contributed by atoms with van der Waals surface area (Å²) in [5, 5.41) is 12.1. The Balaban J connectivity index is 1.73. The maximum Gasteiger partial charge on any atom is 0.307 e. The van der Waals surface area contributed by atoms with Gasteiger partial charge in [0.2, 0.25) is 5.91 Å². The quantitative estimate of drug-likeness (QED) is 0.808. The van der Waals surface area contributed by atoms with Crippen LogP contribution in [0.5, 0.6) is 0 Å². The van der Waals surface area contributed by atoms with E-state index >= 15 is 0 Å². The molecule has 20 heavy (non-hydrogen) atoms. The van der Waals surface area contributed by atoms with Crippen LogP contribution in [-0.4, -0.2) is 36.2 Å². The van der Waals surface area contributed by atoms with Gasteiger partial charge in [0, 0.05) is 13.2 Å². The van der Waals surface area contributed by atoms with Crippen molar-refractivity contribution in [2.45, 2.75) is 57.5 Å². The van der Waals surface area contributed by atoms with Gasteiger partial charge in [-0.1, -0.05) is 12.8 Å². The van der Waals surface area contributed by atoms with Crippen LogP contribution in [0.4, 0.5) is 0 Å². The van der Waals surface area contributed by atoms with Crippen molar-refractivity contribution in [3.05, 3.63) is 0 Å². The minimum atomic E-state index is -0.833. The van der Waals surface area contributed by atoms with E-state index in [0.717, 1.165) is 38.7 Å². The van der Waals surface area contributed by atoms with E-state index in [1.807, 2.05) is 0 Å². The normalized spacial score (nSPS) is 30.7. The first-order valence-corrected chi connectivity index (χ1v) is 7.80. The Hall–Kier alpha value is -1.10. The van der Waals surface area contributed by atoms with Gasteiger partial charge in [0.15, 0.2) is 0 Å². The minimum absolute atomic E-state index is 0.0899. The molecule has 2 rings (SSSR count). The molecule has 3 unspecified atom stereocenters. The van der Waals surface area contributed by atoms with Gasteiger partial charge in [0.05, 0.1) is 17.9 Å². The van der Waals surface area contributed by atoms with Gasteiger partial charge in [0.1, 0.15) is 0 Å². The van der Waals surface area contributed by atoms with Crippen LogP contribution in [0, 0.1) is 11.8 Å². The lowest BCUT2D eigenvalue weighted by molar-refractivity contribution is -0.148. The number of amides is 1. The highest BCUT2D eigenvalue weighted by Gasteiger charge is 2.35. The van der Waals surface area contributed by atoms with E-state index in [4.69, 9.17) is 4.74 Å². The average molecular weight is 283 g/mol. The fourth-order valence-electron chi connectivity index (χ4n) is 3.26. The monoisotopic (exact) mass is 283 g/mol. The van der Waals surface area contributed by atoms with Crippen LogP contribution >= 0.6 is 0 Å². The molecule has 0 radical (unpaired) electrons. The molecule has 5 heteroatoms. The van der Waals surface area contributed by atoms with Crippen LogP contribution in [0.3, 0.4) is 0 Å². The maximum atomic E-state index is 12.1. The van der Waals surface area contributed by atoms with E-state index < -0.39 is 11.9 Å². The van der Waals surface area contributed by atoms with Gasteiger partial charge in [-0.15, -0.1) is 0 Å². The Kier molecular flexibility index (Phi) is 5.83. The molecule has 1 heterocycles. The number of hydrogen-bond acceptors (Lipinski definition) is 3. The van der Waals surface area contributed by atoms with E-state index in [0.29, 0.717) is 19.4 Å². The molecule has 5 nitrogen and oxygen atoms in total. The molecule has 2 N–H and O–H groups in total. The summed E-state index contributed by atoms with van der Waals surface area (Å²) in [6.45, 7) is 1.41. The molecule has 0 aromatic heterocycles. The first kappa shape index (κ1) is 15.3. The van der Waals surface area contributed by atoms with Crippen molar-refractivity contribution in [1.29, 1.82) is 0 Å². The molecule has 1 saturated carbocycles. The molecule has 0 spiro atoms. The zero-order chi connectivity index (χ0) is 14.4. The van der Waals surface area contributed by atoms with Gasteiger partial charge < -0.3 is 15.2 Å². The number of rotatable bonds is 5. The van der Waals surface area contributed by atoms with Crippen LogP contribution in [0.2, 0.25) is 0 Å². The number of ether oxygens (including phenoxy) is 1. The topological polar surface area (TPSA) is 75.6 Å². The third kappa shape index (κ3) is 4.20. The SMILES string of the molecule is O=C(O)C1CCCCC1C(=O)NCCC1CCCCO1. The number of hydrogen-bond donors (Lipinski definition) is 2. The lowest BCUT2D eigenvalue weighted by atomic mass is 9.78. The van der Waals surface area contributed by atoms with Crippen molar-refractivity contribution in [1.82, 2.24) is 5.32 Å². The van der Waals surface area contributed by atoms with Gasteiger partial charge in [-0.25, -0.2) is 0 Å². The molecule has 0 bridgehead atoms. The van der Waals surface area contributed by atoms with Crippen molar-refractivity contribution in [2.24, 2.45) is 11.8 Å². The fourth-order valence-corrected chi connectivity index (χ4v) is 3.26. The number of carbonyl (C=O) groups excluding carboxylic acids is 1. The number of carboxylic acid groups (broad SMARTS) is 1. The number of aliphatic carboxylic acids is 1. The smallest absolute Gasteiger partial charge is 0.307 e. The molecule has 1 amide bonds. The van der Waals surface area contributed by atoms with E-state index in [-0.39, 0.29) is 17.9 Å². The predicted molar refractivity (Wildman–Crippen MR) is 74.3 cm³/mol. The molecule has 1 aliphatic heterocycles. The highest BCUT2D eigenvalue weighted by Crippen LogP contribution is 2.30. The number of carbonyl (C=O) groups is 2. The maximum absolute atomic E-state index is 12.1. The van der Waals surface area contributed by atoms with Crippen molar-refractivity contribution < 1.29 is 19.4 Å². The van der Waals surface area contributed by atoms with Gasteiger partial charge in [0.25, 0.3) is 0 Å². The second-order valence-corrected chi connectivity index (χ2v) is 5.90. The Labute approximate surface area is 120 Å². The average Bonchev–Trinajstić information content (AvgIpc) is 2.48. The van der Waals surface area contributed by atoms with E-state index in [1.165, 1.54) is 6.42 Å². The summed E-state index contributed by atoms with van der Waals surface area (Å²) in [6, 6.07) is 0. The van der Waals surface area contributed by atoms with Crippen molar-refractivity contribution in [3.63, 3.8) is 0 Å². The molecule has 3 atom stereocenters. The van der Waals surface area contributed by atoms with Crippen LogP contribution in [0.1, 0.15) is 51.4 Å². The lowest BCUT2D eigenvalue weighted by Gasteiger charge is -2.28. The Morgan fingerprint density at radius 2 is 1.75 bits per heavy atom. The van der Waals surface area contributed by atoms with Gasteiger partial charge in [-0.2, -0.15) is 0 Å². The van der Waals surface area contributed by atoms with Gasteiger partial charge in [-0.3, -0.25) is 9.59 Å². The Morgan fingerprint density at radius 1 is 1.05 bits per heavy atom. The summed E-state index contributed by atoms with van der Waals surface area (Å²) >= 11 is 0. The standard InChI is InChI=1S/C15H25NO4/c17-14(12-6-1-2-7-13(12)15(18)19)16-9-8-11-5-3-4-10-20-11/h11-13H,1-10H2,(H,16,17)(H,18,19). The Bertz CT molecular complexity index is 339. The van der Waals surface area contributed by atoms with Crippen LogP contribution in [0.25, 0.3) is 0 Å². The summed E-state index contributed by atoms with van der Waals surface area (Å²) in [6.07, 6.45) is 7.66. The molecule has 114 valence electrons. The molecule has 1 saturated heterocycles. The summed E-state index contributed by atoms with van der Waals surface area (Å²) in [5.74, 6) is -1.78. The van der Waals surface area contributed by atoms with Crippen LogP contribution in [0.15, 0.2) is 0 Å². The van der Waals surface area contributed by atoms with Crippen LogP contribution < -0.4 is 5.32 Å². The second-order valence-electron chi connectivity index (χ2n) is 5.90. The summed E-state index contributed by atoms with van der Waals surface area (Å²) in [7, 11) is 0.